The largest absolute Gasteiger partial charge is 0.396 e. The minimum absolute atomic E-state index is 0.137. The third kappa shape index (κ3) is 2.10. The van der Waals surface area contributed by atoms with Crippen LogP contribution in [0.1, 0.15) is 34.1 Å². The van der Waals surface area contributed by atoms with Crippen LogP contribution in [-0.4, -0.2) is 30.7 Å². The van der Waals surface area contributed by atoms with Crippen LogP contribution in [-0.2, 0) is 9.47 Å². The summed E-state index contributed by atoms with van der Waals surface area (Å²) in [6.45, 7) is 9.51. The lowest BCUT2D eigenvalue weighted by atomic mass is 9.86. The molecule has 0 aromatic carbocycles. The molecule has 3 heteroatoms. The average molecular weight is 202 g/mol. The van der Waals surface area contributed by atoms with Gasteiger partial charge in [-0.2, -0.15) is 0 Å². The normalized spacial score (nSPS) is 39.0. The molecule has 1 aliphatic heterocycles. The molecule has 0 amide bonds. The SMILES string of the molecule is CCC1(CO)COC(C)(C(C)C)OC1. The number of ether oxygens (including phenoxy) is 2. The van der Waals surface area contributed by atoms with Gasteiger partial charge in [0.05, 0.1) is 19.8 Å². The van der Waals surface area contributed by atoms with Gasteiger partial charge in [0.25, 0.3) is 0 Å². The lowest BCUT2D eigenvalue weighted by Gasteiger charge is -2.45. The first-order valence-electron chi connectivity index (χ1n) is 5.37. The van der Waals surface area contributed by atoms with E-state index in [1.165, 1.54) is 0 Å². The van der Waals surface area contributed by atoms with Crippen molar-refractivity contribution in [3.05, 3.63) is 0 Å². The molecule has 0 bridgehead atoms. The number of rotatable bonds is 3. The Kier molecular flexibility index (Phi) is 3.56. The monoisotopic (exact) mass is 202 g/mol. The predicted octanol–water partition coefficient (Wildman–Crippen LogP) is 1.79. The summed E-state index contributed by atoms with van der Waals surface area (Å²) in [4.78, 5) is 0. The van der Waals surface area contributed by atoms with Gasteiger partial charge in [-0.1, -0.05) is 20.8 Å². The summed E-state index contributed by atoms with van der Waals surface area (Å²) in [5.41, 5.74) is -0.186. The molecule has 0 atom stereocenters. The first-order chi connectivity index (χ1) is 6.48. The van der Waals surface area contributed by atoms with Crippen molar-refractivity contribution >= 4 is 0 Å². The van der Waals surface area contributed by atoms with E-state index in [1.54, 1.807) is 0 Å². The van der Waals surface area contributed by atoms with Crippen LogP contribution < -0.4 is 0 Å². The highest BCUT2D eigenvalue weighted by atomic mass is 16.7. The Morgan fingerprint density at radius 3 is 2.07 bits per heavy atom. The van der Waals surface area contributed by atoms with E-state index in [9.17, 15) is 5.11 Å². The quantitative estimate of drug-likeness (QED) is 0.758. The highest BCUT2D eigenvalue weighted by Crippen LogP contribution is 2.35. The molecular formula is C11H22O3. The van der Waals surface area contributed by atoms with Crippen molar-refractivity contribution in [2.75, 3.05) is 19.8 Å². The highest BCUT2D eigenvalue weighted by molar-refractivity contribution is 4.84. The first-order valence-corrected chi connectivity index (χ1v) is 5.37. The summed E-state index contributed by atoms with van der Waals surface area (Å²) in [5, 5.41) is 9.29. The molecule has 1 fully saturated rings. The zero-order valence-corrected chi connectivity index (χ0v) is 9.67. The van der Waals surface area contributed by atoms with Crippen molar-refractivity contribution in [3.8, 4) is 0 Å². The van der Waals surface area contributed by atoms with Crippen molar-refractivity contribution in [1.29, 1.82) is 0 Å². The second kappa shape index (κ2) is 4.17. The smallest absolute Gasteiger partial charge is 0.167 e. The van der Waals surface area contributed by atoms with Gasteiger partial charge in [-0.15, -0.1) is 0 Å². The van der Waals surface area contributed by atoms with Crippen LogP contribution in [0.15, 0.2) is 0 Å². The van der Waals surface area contributed by atoms with Gasteiger partial charge in [-0.25, -0.2) is 0 Å². The van der Waals surface area contributed by atoms with Gasteiger partial charge >= 0.3 is 0 Å². The van der Waals surface area contributed by atoms with E-state index in [0.29, 0.717) is 19.1 Å². The molecule has 0 aromatic heterocycles. The van der Waals surface area contributed by atoms with Crippen molar-refractivity contribution in [1.82, 2.24) is 0 Å². The lowest BCUT2D eigenvalue weighted by molar-refractivity contribution is -0.317. The van der Waals surface area contributed by atoms with Crippen LogP contribution in [0.5, 0.6) is 0 Å². The number of hydrogen-bond donors (Lipinski definition) is 1. The zero-order valence-electron chi connectivity index (χ0n) is 9.67. The highest BCUT2D eigenvalue weighted by Gasteiger charge is 2.42. The molecule has 84 valence electrons. The van der Waals surface area contributed by atoms with Crippen LogP contribution in [0.2, 0.25) is 0 Å². The second-order valence-electron chi connectivity index (χ2n) is 4.76. The molecule has 0 unspecified atom stereocenters. The number of aliphatic hydroxyl groups is 1. The van der Waals surface area contributed by atoms with Gasteiger partial charge < -0.3 is 14.6 Å². The van der Waals surface area contributed by atoms with E-state index < -0.39 is 5.79 Å². The second-order valence-corrected chi connectivity index (χ2v) is 4.76. The van der Waals surface area contributed by atoms with Crippen LogP contribution in [0.3, 0.4) is 0 Å². The molecule has 1 rings (SSSR count). The van der Waals surface area contributed by atoms with Crippen molar-refractivity contribution in [2.45, 2.75) is 39.9 Å². The van der Waals surface area contributed by atoms with Gasteiger partial charge in [-0.3, -0.25) is 0 Å². The molecule has 14 heavy (non-hydrogen) atoms. The first kappa shape index (κ1) is 12.0. The Morgan fingerprint density at radius 1 is 1.29 bits per heavy atom. The minimum Gasteiger partial charge on any atom is -0.396 e. The van der Waals surface area contributed by atoms with E-state index in [4.69, 9.17) is 9.47 Å². The number of hydrogen-bond acceptors (Lipinski definition) is 3. The minimum atomic E-state index is -0.478. The molecular weight excluding hydrogens is 180 g/mol. The maximum absolute atomic E-state index is 9.29. The van der Waals surface area contributed by atoms with Crippen molar-refractivity contribution < 1.29 is 14.6 Å². The van der Waals surface area contributed by atoms with Crippen molar-refractivity contribution in [3.63, 3.8) is 0 Å². The molecule has 1 N–H and O–H groups in total. The molecule has 3 nitrogen and oxygen atoms in total. The van der Waals surface area contributed by atoms with E-state index in [1.807, 2.05) is 6.92 Å². The van der Waals surface area contributed by atoms with Gasteiger partial charge in [0.2, 0.25) is 0 Å². The molecule has 0 aromatic rings. The lowest BCUT2D eigenvalue weighted by Crippen LogP contribution is -2.51. The Labute approximate surface area is 86.4 Å². The molecule has 0 spiro atoms. The van der Waals surface area contributed by atoms with Crippen LogP contribution in [0, 0.1) is 11.3 Å². The maximum atomic E-state index is 9.29. The van der Waals surface area contributed by atoms with E-state index >= 15 is 0 Å². The van der Waals surface area contributed by atoms with Gasteiger partial charge in [-0.05, 0) is 13.3 Å². The molecule has 0 saturated carbocycles. The predicted molar refractivity (Wildman–Crippen MR) is 55.0 cm³/mol. The van der Waals surface area contributed by atoms with Gasteiger partial charge in [0, 0.05) is 11.3 Å². The average Bonchev–Trinajstić information content (AvgIpc) is 2.20. The molecule has 0 aliphatic carbocycles. The van der Waals surface area contributed by atoms with Gasteiger partial charge in [0.1, 0.15) is 0 Å². The van der Waals surface area contributed by atoms with E-state index in [2.05, 4.69) is 20.8 Å². The molecule has 0 radical (unpaired) electrons. The summed E-state index contributed by atoms with van der Waals surface area (Å²) >= 11 is 0. The summed E-state index contributed by atoms with van der Waals surface area (Å²) in [5.74, 6) is -0.149. The summed E-state index contributed by atoms with van der Waals surface area (Å²) < 4.78 is 11.5. The molecule has 1 saturated heterocycles. The fourth-order valence-corrected chi connectivity index (χ4v) is 1.42. The van der Waals surface area contributed by atoms with Crippen LogP contribution >= 0.6 is 0 Å². The molecule has 1 heterocycles. The zero-order chi connectivity index (χ0) is 10.8. The maximum Gasteiger partial charge on any atom is 0.167 e. The van der Waals surface area contributed by atoms with Crippen LogP contribution in [0.4, 0.5) is 0 Å². The van der Waals surface area contributed by atoms with E-state index in [-0.39, 0.29) is 12.0 Å². The Hall–Kier alpha value is -0.120. The standard InChI is InChI=1S/C11H22O3/c1-5-11(6-12)7-13-10(4,9(2)3)14-8-11/h9,12H,5-8H2,1-4H3. The summed E-state index contributed by atoms with van der Waals surface area (Å²) in [6, 6.07) is 0. The van der Waals surface area contributed by atoms with Crippen molar-refractivity contribution in [2.24, 2.45) is 11.3 Å². The fraction of sp³-hybridized carbons (Fsp3) is 1.00. The Morgan fingerprint density at radius 2 is 1.79 bits per heavy atom. The van der Waals surface area contributed by atoms with Crippen LogP contribution in [0.25, 0.3) is 0 Å². The number of aliphatic hydroxyl groups excluding tert-OH is 1. The summed E-state index contributed by atoms with van der Waals surface area (Å²) in [7, 11) is 0. The molecule has 1 aliphatic rings. The summed E-state index contributed by atoms with van der Waals surface area (Å²) in [6.07, 6.45) is 0.887. The Balaban J connectivity index is 2.60. The topological polar surface area (TPSA) is 38.7 Å². The third-order valence-corrected chi connectivity index (χ3v) is 3.46. The third-order valence-electron chi connectivity index (χ3n) is 3.46. The fourth-order valence-electron chi connectivity index (χ4n) is 1.42. The van der Waals surface area contributed by atoms with E-state index in [0.717, 1.165) is 6.42 Å². The van der Waals surface area contributed by atoms with Gasteiger partial charge in [0.15, 0.2) is 5.79 Å². The Bertz CT molecular complexity index is 169.